The summed E-state index contributed by atoms with van der Waals surface area (Å²) in [6.45, 7) is 12.1. The molecule has 0 aliphatic heterocycles. The summed E-state index contributed by atoms with van der Waals surface area (Å²) in [6.07, 6.45) is 3.48. The molecule has 3 rings (SSSR count). The predicted molar refractivity (Wildman–Crippen MR) is 217 cm³/mol. The maximum Gasteiger partial charge on any atom is 0.248 e. The molecule has 1 unspecified atom stereocenters. The second-order valence-electron chi connectivity index (χ2n) is 15.9. The molecule has 0 aliphatic carbocycles. The Morgan fingerprint density at radius 2 is 1.60 bits per heavy atom. The van der Waals surface area contributed by atoms with Crippen LogP contribution < -0.4 is 27.0 Å². The van der Waals surface area contributed by atoms with Gasteiger partial charge in [-0.2, -0.15) is 0 Å². The first-order chi connectivity index (χ1) is 27.4. The van der Waals surface area contributed by atoms with E-state index in [1.807, 2.05) is 51.1 Å². The fourth-order valence-electron chi connectivity index (χ4n) is 6.64. The molecule has 0 spiro atoms. The minimum atomic E-state index is -0.994. The third kappa shape index (κ3) is 13.7. The van der Waals surface area contributed by atoms with Crippen LogP contribution in [0.4, 0.5) is 8.78 Å². The molecule has 318 valence electrons. The van der Waals surface area contributed by atoms with Crippen LogP contribution in [0, 0.1) is 23.0 Å². The predicted octanol–water partition coefficient (Wildman–Crippen LogP) is 3.57. The van der Waals surface area contributed by atoms with Gasteiger partial charge in [-0.15, -0.1) is 0 Å². The average Bonchev–Trinajstić information content (AvgIpc) is 3.56. The highest BCUT2D eigenvalue weighted by molar-refractivity contribution is 5.94. The highest BCUT2D eigenvalue weighted by Gasteiger charge is 2.38. The Kier molecular flexibility index (Phi) is 17.9. The zero-order valence-corrected chi connectivity index (χ0v) is 34.6. The van der Waals surface area contributed by atoms with E-state index in [-0.39, 0.29) is 42.6 Å². The lowest BCUT2D eigenvalue weighted by Gasteiger charge is -2.40. The van der Waals surface area contributed by atoms with Gasteiger partial charge in [0.15, 0.2) is 0 Å². The molecule has 2 aromatic carbocycles. The Hall–Kier alpha value is -5.22. The van der Waals surface area contributed by atoms with Crippen LogP contribution in [0.1, 0.15) is 91.6 Å². The molecule has 1 aromatic heterocycles. The molecule has 4 atom stereocenters. The molecular weight excluding hydrogens is 751 g/mol. The number of aliphatic hydroxyl groups excluding tert-OH is 1. The number of nitrogens with zero attached hydrogens (tertiary/aromatic N) is 3. The van der Waals surface area contributed by atoms with E-state index in [0.717, 1.165) is 23.8 Å². The molecule has 3 aromatic rings. The Balaban J connectivity index is 1.77. The normalized spacial score (nSPS) is 13.6. The molecular formula is C42H60F2N8O6. The minimum Gasteiger partial charge on any atom is -0.387 e. The molecule has 0 aliphatic rings. The fraction of sp³-hybridized carbons (Fsp3) is 0.524. The zero-order chi connectivity index (χ0) is 43.2. The Labute approximate surface area is 339 Å². The summed E-state index contributed by atoms with van der Waals surface area (Å²) in [5.74, 6) is -3.84. The van der Waals surface area contributed by atoms with Crippen molar-refractivity contribution in [1.82, 2.24) is 35.7 Å². The number of unbranched alkanes of at least 4 members (excludes halogenated alkanes) is 1. The van der Waals surface area contributed by atoms with Gasteiger partial charge < -0.3 is 41.6 Å². The second-order valence-corrected chi connectivity index (χ2v) is 15.9. The van der Waals surface area contributed by atoms with E-state index >= 15 is 4.39 Å². The van der Waals surface area contributed by atoms with Gasteiger partial charge in [0, 0.05) is 38.3 Å². The molecule has 0 fully saturated rings. The molecule has 0 saturated carbocycles. The highest BCUT2D eigenvalue weighted by Crippen LogP contribution is 2.39. The third-order valence-corrected chi connectivity index (χ3v) is 9.55. The number of aromatic nitrogens is 2. The first kappa shape index (κ1) is 47.2. The van der Waals surface area contributed by atoms with E-state index in [4.69, 9.17) is 10.7 Å². The SMILES string of the molecule is CC(=O)N[C@@H](CCCCN)C(=O)NC(C(=O)N[C@@H](C)C(=O)NCCCN(C(=O)CO)[C@@H](c1nc(-c2cc(F)ccc2F)cn1Cc1ccccc1)C(C)(C)C)C(C)C. The first-order valence-corrected chi connectivity index (χ1v) is 19.7. The average molecular weight is 811 g/mol. The lowest BCUT2D eigenvalue weighted by molar-refractivity contribution is -0.139. The van der Waals surface area contributed by atoms with Crippen molar-refractivity contribution < 1.29 is 37.9 Å². The van der Waals surface area contributed by atoms with Crippen molar-refractivity contribution in [2.45, 2.75) is 105 Å². The van der Waals surface area contributed by atoms with Crippen molar-refractivity contribution in [3.8, 4) is 11.3 Å². The van der Waals surface area contributed by atoms with Crippen molar-refractivity contribution in [3.63, 3.8) is 0 Å². The number of carbonyl (C=O) groups is 5. The lowest BCUT2D eigenvalue weighted by Crippen LogP contribution is -2.57. The van der Waals surface area contributed by atoms with Gasteiger partial charge in [0.25, 0.3) is 0 Å². The second kappa shape index (κ2) is 22.1. The quantitative estimate of drug-likeness (QED) is 0.0878. The number of carbonyl (C=O) groups excluding carboxylic acids is 5. The van der Waals surface area contributed by atoms with Gasteiger partial charge in [-0.3, -0.25) is 24.0 Å². The van der Waals surface area contributed by atoms with E-state index < -0.39 is 71.5 Å². The monoisotopic (exact) mass is 810 g/mol. The van der Waals surface area contributed by atoms with Gasteiger partial charge in [-0.25, -0.2) is 13.8 Å². The van der Waals surface area contributed by atoms with Crippen LogP contribution in [-0.2, 0) is 30.5 Å². The Morgan fingerprint density at radius 1 is 0.914 bits per heavy atom. The van der Waals surface area contributed by atoms with Gasteiger partial charge in [-0.05, 0) is 74.2 Å². The van der Waals surface area contributed by atoms with Crippen LogP contribution >= 0.6 is 0 Å². The van der Waals surface area contributed by atoms with E-state index in [2.05, 4.69) is 21.3 Å². The number of halogens is 2. The lowest BCUT2D eigenvalue weighted by atomic mass is 9.84. The van der Waals surface area contributed by atoms with Crippen molar-refractivity contribution in [2.24, 2.45) is 17.1 Å². The topological polar surface area (TPSA) is 201 Å². The summed E-state index contributed by atoms with van der Waals surface area (Å²) < 4.78 is 31.1. The molecule has 7 N–H and O–H groups in total. The van der Waals surface area contributed by atoms with Crippen molar-refractivity contribution in [2.75, 3.05) is 26.2 Å². The molecule has 0 saturated heterocycles. The molecule has 58 heavy (non-hydrogen) atoms. The van der Waals surface area contributed by atoms with E-state index in [0.29, 0.717) is 38.2 Å². The fourth-order valence-corrected chi connectivity index (χ4v) is 6.64. The van der Waals surface area contributed by atoms with Gasteiger partial charge in [-0.1, -0.05) is 65.0 Å². The molecule has 14 nitrogen and oxygen atoms in total. The Bertz CT molecular complexity index is 1850. The summed E-state index contributed by atoms with van der Waals surface area (Å²) >= 11 is 0. The van der Waals surface area contributed by atoms with Crippen molar-refractivity contribution in [1.29, 1.82) is 0 Å². The first-order valence-electron chi connectivity index (χ1n) is 19.7. The Morgan fingerprint density at radius 3 is 2.21 bits per heavy atom. The van der Waals surface area contributed by atoms with Crippen LogP contribution in [0.3, 0.4) is 0 Å². The number of aliphatic hydroxyl groups is 1. The van der Waals surface area contributed by atoms with Gasteiger partial charge >= 0.3 is 0 Å². The van der Waals surface area contributed by atoms with Crippen molar-refractivity contribution >= 4 is 29.5 Å². The number of benzene rings is 2. The van der Waals surface area contributed by atoms with Crippen LogP contribution in [-0.4, -0.2) is 93.5 Å². The number of rotatable bonds is 21. The van der Waals surface area contributed by atoms with E-state index in [9.17, 15) is 33.5 Å². The smallest absolute Gasteiger partial charge is 0.248 e. The maximum atomic E-state index is 15.0. The third-order valence-electron chi connectivity index (χ3n) is 9.55. The van der Waals surface area contributed by atoms with Crippen LogP contribution in [0.2, 0.25) is 0 Å². The van der Waals surface area contributed by atoms with E-state index in [1.54, 1.807) is 24.6 Å². The highest BCUT2D eigenvalue weighted by atomic mass is 19.1. The number of amides is 5. The standard InChI is InChI=1S/C42H60F2N8O6/c1-26(2)36(50-40(57)33(48-28(4)54)16-11-12-19-45)41(58)47-27(3)39(56)46-20-13-21-52(35(55)25-53)37(42(5,6)7)38-49-34(31-22-30(43)17-18-32(31)44)24-51(38)23-29-14-9-8-10-15-29/h8-10,14-15,17-18,22,24,26-27,33,36-37,53H,11-13,16,19-21,23,25,45H2,1-7H3,(H,46,56)(H,47,58)(H,48,54)(H,50,57)/t27-,33-,36?,37-/m0/s1. The van der Waals surface area contributed by atoms with Crippen LogP contribution in [0.5, 0.6) is 0 Å². The summed E-state index contributed by atoms with van der Waals surface area (Å²) in [4.78, 5) is 71.1. The summed E-state index contributed by atoms with van der Waals surface area (Å²) in [5, 5.41) is 20.9. The number of nitrogens with two attached hydrogens (primary N) is 1. The molecule has 0 bridgehead atoms. The van der Waals surface area contributed by atoms with Gasteiger partial charge in [0.1, 0.15) is 42.2 Å². The van der Waals surface area contributed by atoms with Gasteiger partial charge in [0.2, 0.25) is 29.5 Å². The maximum absolute atomic E-state index is 15.0. The van der Waals surface area contributed by atoms with Crippen LogP contribution in [0.15, 0.2) is 54.7 Å². The zero-order valence-electron chi connectivity index (χ0n) is 34.6. The number of nitrogens with one attached hydrogen (secondary N) is 4. The van der Waals surface area contributed by atoms with Crippen LogP contribution in [0.25, 0.3) is 11.3 Å². The molecule has 1 heterocycles. The number of hydrogen-bond acceptors (Lipinski definition) is 8. The largest absolute Gasteiger partial charge is 0.387 e. The summed E-state index contributed by atoms with van der Waals surface area (Å²) in [6, 6.07) is 8.97. The number of imidazole rings is 1. The minimum absolute atomic E-state index is 0.0423. The van der Waals surface area contributed by atoms with Crippen molar-refractivity contribution in [3.05, 3.63) is 77.8 Å². The molecule has 16 heteroatoms. The van der Waals surface area contributed by atoms with E-state index in [1.165, 1.54) is 18.7 Å². The van der Waals surface area contributed by atoms with Gasteiger partial charge in [0.05, 0.1) is 11.7 Å². The molecule has 0 radical (unpaired) electrons. The molecule has 5 amide bonds. The summed E-state index contributed by atoms with van der Waals surface area (Å²) in [5.41, 5.74) is 5.92. The number of hydrogen-bond donors (Lipinski definition) is 6. The summed E-state index contributed by atoms with van der Waals surface area (Å²) in [7, 11) is 0.